The normalized spacial score (nSPS) is 34.2. The molecule has 0 aromatic rings. The van der Waals surface area contributed by atoms with E-state index in [4.69, 9.17) is 0 Å². The maximum absolute atomic E-state index is 13.3. The third kappa shape index (κ3) is 2.59. The molecule has 3 nitrogen and oxygen atoms in total. The number of nitrogens with one attached hydrogen (secondary N) is 1. The molecule has 0 bridgehead atoms. The lowest BCUT2D eigenvalue weighted by Gasteiger charge is -2.47. The molecule has 19 heavy (non-hydrogen) atoms. The van der Waals surface area contributed by atoms with Crippen LogP contribution in [0.4, 0.5) is 13.2 Å². The zero-order chi connectivity index (χ0) is 14.1. The van der Waals surface area contributed by atoms with Crippen LogP contribution in [0, 0.1) is 17.3 Å². The van der Waals surface area contributed by atoms with Crippen LogP contribution in [0.5, 0.6) is 0 Å². The van der Waals surface area contributed by atoms with Gasteiger partial charge in [0.2, 0.25) is 0 Å². The molecule has 2 N–H and O–H groups in total. The third-order valence-electron chi connectivity index (χ3n) is 4.78. The Balaban J connectivity index is 2.36. The minimum Gasteiger partial charge on any atom is -0.481 e. The summed E-state index contributed by atoms with van der Waals surface area (Å²) in [6.07, 6.45) is -0.698. The van der Waals surface area contributed by atoms with Crippen molar-refractivity contribution < 1.29 is 23.1 Å². The van der Waals surface area contributed by atoms with Crippen molar-refractivity contribution in [2.24, 2.45) is 17.3 Å². The second-order valence-corrected chi connectivity index (χ2v) is 5.74. The summed E-state index contributed by atoms with van der Waals surface area (Å²) in [7, 11) is 0. The Bertz CT molecular complexity index is 339. The molecule has 0 amide bonds. The number of carboxylic acids is 1. The zero-order valence-electron chi connectivity index (χ0n) is 10.8. The highest BCUT2D eigenvalue weighted by atomic mass is 19.4. The van der Waals surface area contributed by atoms with E-state index >= 15 is 0 Å². The molecule has 110 valence electrons. The fourth-order valence-electron chi connectivity index (χ4n) is 3.82. The smallest absolute Gasteiger partial charge is 0.393 e. The van der Waals surface area contributed by atoms with Crippen molar-refractivity contribution in [1.29, 1.82) is 0 Å². The fraction of sp³-hybridized carbons (Fsp3) is 0.923. The molecule has 0 aromatic carbocycles. The highest BCUT2D eigenvalue weighted by Gasteiger charge is 2.61. The van der Waals surface area contributed by atoms with Gasteiger partial charge in [-0.1, -0.05) is 19.3 Å². The van der Waals surface area contributed by atoms with Crippen molar-refractivity contribution in [3.8, 4) is 0 Å². The Morgan fingerprint density at radius 1 is 1.16 bits per heavy atom. The average Bonchev–Trinajstić information content (AvgIpc) is 2.38. The molecular weight excluding hydrogens is 259 g/mol. The number of piperidine rings is 1. The van der Waals surface area contributed by atoms with Gasteiger partial charge in [-0.05, 0) is 31.7 Å². The van der Waals surface area contributed by atoms with E-state index < -0.39 is 23.5 Å². The van der Waals surface area contributed by atoms with Crippen molar-refractivity contribution in [1.82, 2.24) is 5.32 Å². The Morgan fingerprint density at radius 2 is 1.79 bits per heavy atom. The van der Waals surface area contributed by atoms with Gasteiger partial charge in [0.1, 0.15) is 0 Å². The Morgan fingerprint density at radius 3 is 2.32 bits per heavy atom. The fourth-order valence-corrected chi connectivity index (χ4v) is 3.82. The van der Waals surface area contributed by atoms with E-state index in [1.807, 2.05) is 0 Å². The molecule has 0 spiro atoms. The number of hydrogen-bond donors (Lipinski definition) is 2. The van der Waals surface area contributed by atoms with Crippen LogP contribution in [0.15, 0.2) is 0 Å². The molecule has 2 aliphatic rings. The van der Waals surface area contributed by atoms with E-state index in [0.29, 0.717) is 12.8 Å². The van der Waals surface area contributed by atoms with Crippen LogP contribution in [-0.4, -0.2) is 30.3 Å². The second-order valence-electron chi connectivity index (χ2n) is 5.74. The van der Waals surface area contributed by atoms with E-state index in [2.05, 4.69) is 5.32 Å². The van der Waals surface area contributed by atoms with E-state index in [-0.39, 0.29) is 25.4 Å². The van der Waals surface area contributed by atoms with Gasteiger partial charge in [0, 0.05) is 6.54 Å². The first kappa shape index (κ1) is 14.6. The molecule has 0 aromatic heterocycles. The van der Waals surface area contributed by atoms with Crippen LogP contribution in [0.2, 0.25) is 0 Å². The van der Waals surface area contributed by atoms with E-state index in [0.717, 1.165) is 19.3 Å². The van der Waals surface area contributed by atoms with Crippen molar-refractivity contribution in [2.45, 2.75) is 44.7 Å². The number of carboxylic acid groups (broad SMARTS) is 1. The standard InChI is InChI=1S/C13H20F3NO2/c14-13(15,16)10-6-7-17-8-12(10,11(18)19)9-4-2-1-3-5-9/h9-10,17H,1-8H2,(H,18,19). The molecule has 1 aliphatic carbocycles. The van der Waals surface area contributed by atoms with Gasteiger partial charge >= 0.3 is 12.1 Å². The van der Waals surface area contributed by atoms with E-state index in [1.165, 1.54) is 0 Å². The van der Waals surface area contributed by atoms with Crippen molar-refractivity contribution in [3.05, 3.63) is 0 Å². The largest absolute Gasteiger partial charge is 0.481 e. The van der Waals surface area contributed by atoms with Gasteiger partial charge in [-0.25, -0.2) is 0 Å². The third-order valence-corrected chi connectivity index (χ3v) is 4.78. The Hall–Kier alpha value is -0.780. The lowest BCUT2D eigenvalue weighted by atomic mass is 9.59. The first-order valence-electron chi connectivity index (χ1n) is 6.90. The molecule has 2 atom stereocenters. The zero-order valence-corrected chi connectivity index (χ0v) is 10.8. The van der Waals surface area contributed by atoms with Gasteiger partial charge in [-0.3, -0.25) is 4.79 Å². The molecule has 0 radical (unpaired) electrons. The summed E-state index contributed by atoms with van der Waals surface area (Å²) >= 11 is 0. The monoisotopic (exact) mass is 279 g/mol. The Labute approximate surface area is 110 Å². The van der Waals surface area contributed by atoms with Crippen LogP contribution in [0.25, 0.3) is 0 Å². The quantitative estimate of drug-likeness (QED) is 0.817. The van der Waals surface area contributed by atoms with Crippen LogP contribution < -0.4 is 5.32 Å². The maximum Gasteiger partial charge on any atom is 0.393 e. The highest BCUT2D eigenvalue weighted by molar-refractivity contribution is 5.76. The Kier molecular flexibility index (Phi) is 4.08. The molecule has 2 fully saturated rings. The van der Waals surface area contributed by atoms with Gasteiger partial charge in [0.15, 0.2) is 0 Å². The average molecular weight is 279 g/mol. The maximum atomic E-state index is 13.3. The van der Waals surface area contributed by atoms with Crippen molar-refractivity contribution >= 4 is 5.97 Å². The summed E-state index contributed by atoms with van der Waals surface area (Å²) in [4.78, 5) is 11.7. The van der Waals surface area contributed by atoms with E-state index in [1.54, 1.807) is 0 Å². The van der Waals surface area contributed by atoms with Gasteiger partial charge in [0.25, 0.3) is 0 Å². The second kappa shape index (κ2) is 5.31. The summed E-state index contributed by atoms with van der Waals surface area (Å²) in [5.74, 6) is -3.37. The van der Waals surface area contributed by atoms with Crippen LogP contribution in [0.1, 0.15) is 38.5 Å². The molecule has 1 heterocycles. The van der Waals surface area contributed by atoms with Gasteiger partial charge < -0.3 is 10.4 Å². The topological polar surface area (TPSA) is 49.3 Å². The summed E-state index contributed by atoms with van der Waals surface area (Å²) in [6, 6.07) is 0. The first-order chi connectivity index (χ1) is 8.89. The number of alkyl halides is 3. The minimum absolute atomic E-state index is 0.0584. The molecule has 6 heteroatoms. The predicted octanol–water partition coefficient (Wildman–Crippen LogP) is 2.81. The van der Waals surface area contributed by atoms with Gasteiger partial charge in [-0.15, -0.1) is 0 Å². The number of rotatable bonds is 2. The van der Waals surface area contributed by atoms with Gasteiger partial charge in [-0.2, -0.15) is 13.2 Å². The van der Waals surface area contributed by atoms with Gasteiger partial charge in [0.05, 0.1) is 11.3 Å². The first-order valence-corrected chi connectivity index (χ1v) is 6.90. The van der Waals surface area contributed by atoms with Crippen LogP contribution in [-0.2, 0) is 4.79 Å². The highest BCUT2D eigenvalue weighted by Crippen LogP contribution is 2.52. The van der Waals surface area contributed by atoms with Crippen molar-refractivity contribution in [3.63, 3.8) is 0 Å². The molecule has 2 unspecified atom stereocenters. The lowest BCUT2D eigenvalue weighted by Crippen LogP contribution is -2.60. The number of halogens is 3. The minimum atomic E-state index is -4.43. The SMILES string of the molecule is O=C(O)C1(C2CCCCC2)CNCCC1C(F)(F)F. The van der Waals surface area contributed by atoms with Crippen LogP contribution in [0.3, 0.4) is 0 Å². The van der Waals surface area contributed by atoms with E-state index in [9.17, 15) is 23.1 Å². The number of carbonyl (C=O) groups is 1. The lowest BCUT2D eigenvalue weighted by molar-refractivity contribution is -0.231. The summed E-state index contributed by atoms with van der Waals surface area (Å²) < 4.78 is 39.8. The molecule has 2 rings (SSSR count). The summed E-state index contributed by atoms with van der Waals surface area (Å²) in [5, 5.41) is 12.4. The number of hydrogen-bond acceptors (Lipinski definition) is 2. The molecule has 1 saturated heterocycles. The number of aliphatic carboxylic acids is 1. The summed E-state index contributed by atoms with van der Waals surface area (Å²) in [5.41, 5.74) is -1.67. The van der Waals surface area contributed by atoms with Crippen LogP contribution >= 0.6 is 0 Å². The molecular formula is C13H20F3NO2. The molecule has 1 saturated carbocycles. The summed E-state index contributed by atoms with van der Waals surface area (Å²) in [6.45, 7) is 0.184. The van der Waals surface area contributed by atoms with Crippen molar-refractivity contribution in [2.75, 3.05) is 13.1 Å². The molecule has 1 aliphatic heterocycles. The predicted molar refractivity (Wildman–Crippen MR) is 63.7 cm³/mol.